The van der Waals surface area contributed by atoms with Gasteiger partial charge in [-0.1, -0.05) is 24.7 Å². The molecule has 0 radical (unpaired) electrons. The highest BCUT2D eigenvalue weighted by atomic mass is 32.1. The zero-order valence-electron chi connectivity index (χ0n) is 8.33. The summed E-state index contributed by atoms with van der Waals surface area (Å²) in [6.45, 7) is 2.16. The van der Waals surface area contributed by atoms with Crippen molar-refractivity contribution >= 4 is 33.8 Å². The first kappa shape index (κ1) is 11.3. The molecule has 6 heteroatoms. The number of aryl methyl sites for hydroxylation is 1. The van der Waals surface area contributed by atoms with E-state index in [2.05, 4.69) is 27.8 Å². The number of unbranched alkanes of at least 4 members (excludes halogenated alkanes) is 1. The van der Waals surface area contributed by atoms with E-state index in [4.69, 9.17) is 12.2 Å². The molecule has 0 aromatic carbocycles. The van der Waals surface area contributed by atoms with Gasteiger partial charge in [0.1, 0.15) is 5.01 Å². The average molecular weight is 230 g/mol. The summed E-state index contributed by atoms with van der Waals surface area (Å²) in [7, 11) is 1.77. The fourth-order valence-corrected chi connectivity index (χ4v) is 1.84. The van der Waals surface area contributed by atoms with Crippen LogP contribution in [-0.2, 0) is 6.42 Å². The first-order valence-electron chi connectivity index (χ1n) is 4.57. The first-order valence-corrected chi connectivity index (χ1v) is 5.79. The maximum absolute atomic E-state index is 4.95. The van der Waals surface area contributed by atoms with E-state index in [1.807, 2.05) is 0 Å². The molecule has 78 valence electrons. The van der Waals surface area contributed by atoms with E-state index in [9.17, 15) is 0 Å². The lowest BCUT2D eigenvalue weighted by molar-refractivity contribution is 0.780. The Balaban J connectivity index is 2.46. The third kappa shape index (κ3) is 3.55. The lowest BCUT2D eigenvalue weighted by atomic mass is 10.3. The zero-order chi connectivity index (χ0) is 10.4. The summed E-state index contributed by atoms with van der Waals surface area (Å²) < 4.78 is 0. The molecule has 0 saturated heterocycles. The van der Waals surface area contributed by atoms with E-state index < -0.39 is 0 Å². The standard InChI is InChI=1S/C8H14N4S2/c1-3-4-5-6-11-12-8(14-6)10-7(13)9-2/h3-5H2,1-2H3,(H2,9,10,12,13). The Labute approximate surface area is 93.1 Å². The SMILES string of the molecule is CCCCc1nnc(NC(=S)NC)s1. The van der Waals surface area contributed by atoms with Crippen LogP contribution in [0.5, 0.6) is 0 Å². The van der Waals surface area contributed by atoms with Gasteiger partial charge in [0, 0.05) is 13.5 Å². The molecule has 1 aromatic rings. The minimum atomic E-state index is 0.572. The predicted octanol–water partition coefficient (Wildman–Crippen LogP) is 1.80. The first-order chi connectivity index (χ1) is 6.76. The number of aromatic nitrogens is 2. The van der Waals surface area contributed by atoms with Gasteiger partial charge < -0.3 is 10.6 Å². The summed E-state index contributed by atoms with van der Waals surface area (Å²) in [5.74, 6) is 0. The molecule has 4 nitrogen and oxygen atoms in total. The molecule has 0 aliphatic carbocycles. The molecule has 0 unspecified atom stereocenters. The van der Waals surface area contributed by atoms with Gasteiger partial charge in [0.2, 0.25) is 5.13 Å². The van der Waals surface area contributed by atoms with Crippen LogP contribution in [0.4, 0.5) is 5.13 Å². The van der Waals surface area contributed by atoms with Crippen molar-refractivity contribution < 1.29 is 0 Å². The molecule has 0 amide bonds. The summed E-state index contributed by atoms with van der Waals surface area (Å²) >= 11 is 6.51. The summed E-state index contributed by atoms with van der Waals surface area (Å²) in [6, 6.07) is 0. The van der Waals surface area contributed by atoms with Crippen LogP contribution >= 0.6 is 23.6 Å². The van der Waals surface area contributed by atoms with Crippen LogP contribution in [0.3, 0.4) is 0 Å². The average Bonchev–Trinajstić information content (AvgIpc) is 2.62. The van der Waals surface area contributed by atoms with Crippen LogP contribution in [0.15, 0.2) is 0 Å². The highest BCUT2D eigenvalue weighted by molar-refractivity contribution is 7.80. The quantitative estimate of drug-likeness (QED) is 0.772. The summed E-state index contributed by atoms with van der Waals surface area (Å²) in [4.78, 5) is 0. The number of anilines is 1. The molecule has 0 bridgehead atoms. The topological polar surface area (TPSA) is 49.8 Å². The van der Waals surface area contributed by atoms with Crippen LogP contribution in [-0.4, -0.2) is 22.4 Å². The van der Waals surface area contributed by atoms with Crippen molar-refractivity contribution in [1.29, 1.82) is 0 Å². The predicted molar refractivity (Wildman–Crippen MR) is 63.8 cm³/mol. The largest absolute Gasteiger partial charge is 0.365 e. The highest BCUT2D eigenvalue weighted by Gasteiger charge is 2.03. The van der Waals surface area contributed by atoms with Crippen molar-refractivity contribution in [2.24, 2.45) is 0 Å². The molecule has 1 heterocycles. The minimum absolute atomic E-state index is 0.572. The van der Waals surface area contributed by atoms with Crippen LogP contribution in [0.2, 0.25) is 0 Å². The Kier molecular flexibility index (Phi) is 4.75. The van der Waals surface area contributed by atoms with Gasteiger partial charge in [0.15, 0.2) is 5.11 Å². The summed E-state index contributed by atoms with van der Waals surface area (Å²) in [5, 5.41) is 16.2. The highest BCUT2D eigenvalue weighted by Crippen LogP contribution is 2.16. The van der Waals surface area contributed by atoms with E-state index in [-0.39, 0.29) is 0 Å². The molecule has 0 aliphatic heterocycles. The number of nitrogens with zero attached hydrogens (tertiary/aromatic N) is 2. The third-order valence-corrected chi connectivity index (χ3v) is 2.86. The van der Waals surface area contributed by atoms with E-state index in [0.29, 0.717) is 5.11 Å². The maximum atomic E-state index is 4.95. The van der Waals surface area contributed by atoms with Gasteiger partial charge in [0.05, 0.1) is 0 Å². The second-order valence-electron chi connectivity index (χ2n) is 2.81. The summed E-state index contributed by atoms with van der Waals surface area (Å²) in [5.41, 5.74) is 0. The van der Waals surface area contributed by atoms with Crippen molar-refractivity contribution in [1.82, 2.24) is 15.5 Å². The molecular formula is C8H14N4S2. The molecule has 0 fully saturated rings. The number of hydrogen-bond donors (Lipinski definition) is 2. The van der Waals surface area contributed by atoms with Crippen molar-refractivity contribution in [3.63, 3.8) is 0 Å². The molecule has 0 atom stereocenters. The van der Waals surface area contributed by atoms with Gasteiger partial charge >= 0.3 is 0 Å². The van der Waals surface area contributed by atoms with Crippen molar-refractivity contribution in [3.8, 4) is 0 Å². The molecule has 2 N–H and O–H groups in total. The van der Waals surface area contributed by atoms with Gasteiger partial charge in [0.25, 0.3) is 0 Å². The Morgan fingerprint density at radius 2 is 2.29 bits per heavy atom. The zero-order valence-corrected chi connectivity index (χ0v) is 9.97. The molecule has 0 saturated carbocycles. The Bertz CT molecular complexity index is 297. The fourth-order valence-electron chi connectivity index (χ4n) is 0.893. The van der Waals surface area contributed by atoms with E-state index >= 15 is 0 Å². The Hall–Kier alpha value is -0.750. The number of hydrogen-bond acceptors (Lipinski definition) is 4. The van der Waals surface area contributed by atoms with Crippen LogP contribution in [0, 0.1) is 0 Å². The molecule has 0 spiro atoms. The molecule has 1 rings (SSSR count). The maximum Gasteiger partial charge on any atom is 0.211 e. The lowest BCUT2D eigenvalue weighted by Crippen LogP contribution is -2.23. The van der Waals surface area contributed by atoms with Crippen molar-refractivity contribution in [2.75, 3.05) is 12.4 Å². The fraction of sp³-hybridized carbons (Fsp3) is 0.625. The van der Waals surface area contributed by atoms with Gasteiger partial charge in [-0.05, 0) is 18.6 Å². The van der Waals surface area contributed by atoms with Gasteiger partial charge in [-0.15, -0.1) is 10.2 Å². The monoisotopic (exact) mass is 230 g/mol. The third-order valence-electron chi connectivity index (χ3n) is 1.66. The van der Waals surface area contributed by atoms with E-state index in [1.54, 1.807) is 18.4 Å². The second kappa shape index (κ2) is 5.87. The molecule has 0 aliphatic rings. The number of rotatable bonds is 4. The van der Waals surface area contributed by atoms with Crippen LogP contribution < -0.4 is 10.6 Å². The second-order valence-corrected chi connectivity index (χ2v) is 4.28. The van der Waals surface area contributed by atoms with Crippen molar-refractivity contribution in [3.05, 3.63) is 5.01 Å². The smallest absolute Gasteiger partial charge is 0.211 e. The molecule has 1 aromatic heterocycles. The van der Waals surface area contributed by atoms with Crippen LogP contribution in [0.25, 0.3) is 0 Å². The molecular weight excluding hydrogens is 216 g/mol. The lowest BCUT2D eigenvalue weighted by Gasteiger charge is -2.00. The Morgan fingerprint density at radius 3 is 2.93 bits per heavy atom. The van der Waals surface area contributed by atoms with Gasteiger partial charge in [-0.3, -0.25) is 0 Å². The summed E-state index contributed by atoms with van der Waals surface area (Å²) in [6.07, 6.45) is 3.34. The van der Waals surface area contributed by atoms with Gasteiger partial charge in [-0.25, -0.2) is 0 Å². The van der Waals surface area contributed by atoms with E-state index in [1.165, 1.54) is 6.42 Å². The van der Waals surface area contributed by atoms with Crippen molar-refractivity contribution in [2.45, 2.75) is 26.2 Å². The van der Waals surface area contributed by atoms with E-state index in [0.717, 1.165) is 23.0 Å². The van der Waals surface area contributed by atoms with Gasteiger partial charge in [-0.2, -0.15) is 0 Å². The number of nitrogens with one attached hydrogen (secondary N) is 2. The molecule has 14 heavy (non-hydrogen) atoms. The normalized spacial score (nSPS) is 9.86. The van der Waals surface area contributed by atoms with Crippen LogP contribution in [0.1, 0.15) is 24.8 Å². The number of thiocarbonyl (C=S) groups is 1. The minimum Gasteiger partial charge on any atom is -0.365 e. The Morgan fingerprint density at radius 1 is 1.50 bits per heavy atom.